The molecule has 0 radical (unpaired) electrons. The fourth-order valence-electron chi connectivity index (χ4n) is 4.16. The van der Waals surface area contributed by atoms with Gasteiger partial charge in [0.1, 0.15) is 0 Å². The molecule has 1 fully saturated rings. The third kappa shape index (κ3) is 4.91. The molecule has 1 saturated heterocycles. The molecule has 4 rings (SSSR count). The third-order valence-corrected chi connectivity index (χ3v) is 5.57. The molecule has 7 heteroatoms. The molecule has 7 nitrogen and oxygen atoms in total. The maximum atomic E-state index is 12.3. The number of piperidine rings is 1. The average molecular weight is 405 g/mol. The number of benzene rings is 1. The Hall–Kier alpha value is -3.06. The number of amides is 1. The van der Waals surface area contributed by atoms with Gasteiger partial charge < -0.3 is 5.32 Å². The number of nitrogens with zero attached hydrogens (tertiary/aromatic N) is 5. The molecule has 0 spiro atoms. The summed E-state index contributed by atoms with van der Waals surface area (Å²) in [7, 11) is 0. The number of carbonyl (C=O) groups is 1. The van der Waals surface area contributed by atoms with Crippen molar-refractivity contribution in [1.82, 2.24) is 30.2 Å². The van der Waals surface area contributed by atoms with Gasteiger partial charge in [-0.1, -0.05) is 12.1 Å². The number of aromatic nitrogens is 4. The van der Waals surface area contributed by atoms with E-state index in [4.69, 9.17) is 0 Å². The van der Waals surface area contributed by atoms with Crippen molar-refractivity contribution in [1.29, 1.82) is 0 Å². The topological polar surface area (TPSA) is 75.9 Å². The normalized spacial score (nSPS) is 17.1. The molecule has 30 heavy (non-hydrogen) atoms. The highest BCUT2D eigenvalue weighted by molar-refractivity contribution is 5.93. The quantitative estimate of drug-likeness (QED) is 0.684. The first-order valence-corrected chi connectivity index (χ1v) is 10.5. The van der Waals surface area contributed by atoms with Gasteiger partial charge in [0.15, 0.2) is 0 Å². The lowest BCUT2D eigenvalue weighted by Gasteiger charge is -2.33. The van der Waals surface area contributed by atoms with Crippen LogP contribution in [0.3, 0.4) is 0 Å². The Kier molecular flexibility index (Phi) is 6.18. The summed E-state index contributed by atoms with van der Waals surface area (Å²) in [5.74, 6) is 0.372. The van der Waals surface area contributed by atoms with Gasteiger partial charge >= 0.3 is 0 Å². The van der Waals surface area contributed by atoms with Gasteiger partial charge in [0.2, 0.25) is 0 Å². The molecule has 3 aromatic rings. The molecular weight excluding hydrogens is 376 g/mol. The van der Waals surface area contributed by atoms with Crippen molar-refractivity contribution in [3.63, 3.8) is 0 Å². The van der Waals surface area contributed by atoms with Gasteiger partial charge in [0.05, 0.1) is 29.3 Å². The highest BCUT2D eigenvalue weighted by Crippen LogP contribution is 2.20. The summed E-state index contributed by atoms with van der Waals surface area (Å²) >= 11 is 0. The first kappa shape index (κ1) is 20.2. The largest absolute Gasteiger partial charge is 0.352 e. The number of likely N-dealkylation sites (tertiary alicyclic amines) is 1. The number of rotatable bonds is 6. The number of hydrogen-bond donors (Lipinski definition) is 1. The van der Waals surface area contributed by atoms with Crippen molar-refractivity contribution in [2.75, 3.05) is 19.6 Å². The summed E-state index contributed by atoms with van der Waals surface area (Å²) in [6.45, 7) is 7.76. The minimum absolute atomic E-state index is 0.0837. The Morgan fingerprint density at radius 3 is 2.87 bits per heavy atom. The zero-order valence-electron chi connectivity index (χ0n) is 17.6. The fourth-order valence-corrected chi connectivity index (χ4v) is 4.16. The van der Waals surface area contributed by atoms with E-state index in [9.17, 15) is 4.79 Å². The molecule has 1 amide bonds. The van der Waals surface area contributed by atoms with Crippen LogP contribution in [0.4, 0.5) is 0 Å². The molecule has 156 valence electrons. The molecule has 1 N–H and O–H groups in total. The van der Waals surface area contributed by atoms with Crippen molar-refractivity contribution in [3.05, 3.63) is 71.3 Å². The molecule has 0 bridgehead atoms. The molecule has 1 aromatic carbocycles. The van der Waals surface area contributed by atoms with Crippen LogP contribution in [0.1, 0.15) is 40.2 Å². The van der Waals surface area contributed by atoms with Gasteiger partial charge in [-0.3, -0.25) is 9.69 Å². The van der Waals surface area contributed by atoms with E-state index in [1.807, 2.05) is 11.6 Å². The van der Waals surface area contributed by atoms with Gasteiger partial charge in [-0.15, -0.1) is 0 Å². The minimum atomic E-state index is -0.0837. The maximum Gasteiger partial charge on any atom is 0.252 e. The first-order chi connectivity index (χ1) is 14.6. The standard InChI is InChI=1S/C23H28N6O/c1-17-11-18(2)29(27-17)22-7-3-5-19(12-22)15-28-10-4-6-20(16-28)13-24-23(30)21-8-9-25-26-14-21/h3,5,7-9,11-12,14,20H,4,6,10,13,15-16H2,1-2H3,(H,24,30). The zero-order valence-corrected chi connectivity index (χ0v) is 17.6. The van der Waals surface area contributed by atoms with Gasteiger partial charge in [-0.25, -0.2) is 4.68 Å². The van der Waals surface area contributed by atoms with Crippen molar-refractivity contribution >= 4 is 5.91 Å². The minimum Gasteiger partial charge on any atom is -0.352 e. The van der Waals surface area contributed by atoms with E-state index in [0.29, 0.717) is 18.0 Å². The number of nitrogens with one attached hydrogen (secondary N) is 1. The summed E-state index contributed by atoms with van der Waals surface area (Å²) in [5, 5.41) is 15.1. The average Bonchev–Trinajstić information content (AvgIpc) is 3.11. The predicted octanol–water partition coefficient (Wildman–Crippen LogP) is 2.92. The first-order valence-electron chi connectivity index (χ1n) is 10.5. The smallest absolute Gasteiger partial charge is 0.252 e. The highest BCUT2D eigenvalue weighted by atomic mass is 16.1. The lowest BCUT2D eigenvalue weighted by atomic mass is 9.97. The van der Waals surface area contributed by atoms with E-state index in [2.05, 4.69) is 62.8 Å². The molecular formula is C23H28N6O. The van der Waals surface area contributed by atoms with Gasteiger partial charge in [-0.2, -0.15) is 15.3 Å². The summed E-state index contributed by atoms with van der Waals surface area (Å²) < 4.78 is 2.00. The molecule has 0 saturated carbocycles. The molecule has 1 unspecified atom stereocenters. The lowest BCUT2D eigenvalue weighted by molar-refractivity contribution is 0.0930. The lowest BCUT2D eigenvalue weighted by Crippen LogP contribution is -2.40. The summed E-state index contributed by atoms with van der Waals surface area (Å²) in [5.41, 5.74) is 5.11. The molecule has 1 aliphatic heterocycles. The van der Waals surface area contributed by atoms with Gasteiger partial charge in [0, 0.05) is 25.3 Å². The van der Waals surface area contributed by atoms with E-state index in [0.717, 1.165) is 49.6 Å². The third-order valence-electron chi connectivity index (χ3n) is 5.57. The molecule has 1 aliphatic rings. The van der Waals surface area contributed by atoms with Crippen molar-refractivity contribution in [2.24, 2.45) is 5.92 Å². The SMILES string of the molecule is Cc1cc(C)n(-c2cccc(CN3CCCC(CNC(=O)c4ccnnc4)C3)c2)n1. The second-order valence-electron chi connectivity index (χ2n) is 8.09. The van der Waals surface area contributed by atoms with Crippen LogP contribution in [-0.4, -0.2) is 50.4 Å². The second kappa shape index (κ2) is 9.17. The maximum absolute atomic E-state index is 12.3. The Morgan fingerprint density at radius 2 is 2.10 bits per heavy atom. The Balaban J connectivity index is 1.34. The van der Waals surface area contributed by atoms with Crippen LogP contribution in [0.5, 0.6) is 0 Å². The summed E-state index contributed by atoms with van der Waals surface area (Å²) in [4.78, 5) is 14.7. The molecule has 0 aliphatic carbocycles. The van der Waals surface area contributed by atoms with Crippen LogP contribution in [0.15, 0.2) is 48.8 Å². The van der Waals surface area contributed by atoms with Gasteiger partial charge in [0.25, 0.3) is 5.91 Å². The number of hydrogen-bond acceptors (Lipinski definition) is 5. The van der Waals surface area contributed by atoms with E-state index < -0.39 is 0 Å². The van der Waals surface area contributed by atoms with Crippen LogP contribution in [0, 0.1) is 19.8 Å². The van der Waals surface area contributed by atoms with E-state index in [-0.39, 0.29) is 5.91 Å². The van der Waals surface area contributed by atoms with Crippen LogP contribution in [0.25, 0.3) is 5.69 Å². The van der Waals surface area contributed by atoms with E-state index in [1.54, 1.807) is 6.07 Å². The Morgan fingerprint density at radius 1 is 1.20 bits per heavy atom. The Labute approximate surface area is 177 Å². The van der Waals surface area contributed by atoms with Crippen LogP contribution < -0.4 is 5.32 Å². The molecule has 1 atom stereocenters. The number of carbonyl (C=O) groups excluding carboxylic acids is 1. The van der Waals surface area contributed by atoms with E-state index >= 15 is 0 Å². The van der Waals surface area contributed by atoms with Crippen molar-refractivity contribution in [3.8, 4) is 5.69 Å². The zero-order chi connectivity index (χ0) is 20.9. The summed E-state index contributed by atoms with van der Waals surface area (Å²) in [6, 6.07) is 12.4. The van der Waals surface area contributed by atoms with Crippen molar-refractivity contribution in [2.45, 2.75) is 33.2 Å². The molecule has 3 heterocycles. The monoisotopic (exact) mass is 404 g/mol. The van der Waals surface area contributed by atoms with E-state index in [1.165, 1.54) is 18.0 Å². The van der Waals surface area contributed by atoms with Gasteiger partial charge in [-0.05, 0) is 69.0 Å². The second-order valence-corrected chi connectivity index (χ2v) is 8.09. The summed E-state index contributed by atoms with van der Waals surface area (Å²) in [6.07, 6.45) is 5.32. The molecule has 2 aromatic heterocycles. The highest BCUT2D eigenvalue weighted by Gasteiger charge is 2.21. The van der Waals surface area contributed by atoms with Crippen LogP contribution in [0.2, 0.25) is 0 Å². The van der Waals surface area contributed by atoms with Crippen LogP contribution >= 0.6 is 0 Å². The van der Waals surface area contributed by atoms with Crippen LogP contribution in [-0.2, 0) is 6.54 Å². The Bertz CT molecular complexity index is 1000. The number of aryl methyl sites for hydroxylation is 2. The van der Waals surface area contributed by atoms with Crippen molar-refractivity contribution < 1.29 is 4.79 Å². The fraction of sp³-hybridized carbons (Fsp3) is 0.391. The predicted molar refractivity (Wildman–Crippen MR) is 115 cm³/mol.